The van der Waals surface area contributed by atoms with Gasteiger partial charge in [0, 0.05) is 43.4 Å². The van der Waals surface area contributed by atoms with Crippen LogP contribution in [0.3, 0.4) is 0 Å². The number of benzene rings is 1. The lowest BCUT2D eigenvalue weighted by Crippen LogP contribution is -2.56. The molecule has 0 saturated carbocycles. The van der Waals surface area contributed by atoms with Crippen LogP contribution in [-0.4, -0.2) is 80.5 Å². The van der Waals surface area contributed by atoms with Gasteiger partial charge in [-0.2, -0.15) is 5.26 Å². The molecule has 5 rings (SSSR count). The first kappa shape index (κ1) is 28.3. The first-order chi connectivity index (χ1) is 18.6. The summed E-state index contributed by atoms with van der Waals surface area (Å²) in [6.45, 7) is 6.76. The number of amides is 1. The third-order valence-electron chi connectivity index (χ3n) is 8.07. The van der Waals surface area contributed by atoms with Gasteiger partial charge >= 0.3 is 6.09 Å². The molecule has 3 heterocycles. The fourth-order valence-corrected chi connectivity index (χ4v) is 6.96. The third-order valence-corrected chi connectivity index (χ3v) is 8.91. The Labute approximate surface area is 235 Å². The fourth-order valence-electron chi connectivity index (χ4n) is 6.43. The molecule has 2 aromatic rings. The summed E-state index contributed by atoms with van der Waals surface area (Å²) >= 11 is 0. The van der Waals surface area contributed by atoms with Gasteiger partial charge in [0.15, 0.2) is 0 Å². The average molecular weight is 569 g/mol. The highest BCUT2D eigenvalue weighted by molar-refractivity contribution is 7.90. The standard InChI is InChI=1S/C28H36N6O5S/c1-27(2,3)39-26(35)33-15-14-32(17-19(33)11-13-29)24-20-10-12-28(16-22(20)30-25(31-24)40(5,37)38)18-34(4,36)23-9-7-6-8-21(23)28/h6-9,19H,10-12,14-18H2,1-5H3/t19-,28?,34?/m0/s1. The van der Waals surface area contributed by atoms with Crippen LogP contribution in [0.2, 0.25) is 0 Å². The van der Waals surface area contributed by atoms with E-state index in [4.69, 9.17) is 4.74 Å². The number of anilines is 1. The van der Waals surface area contributed by atoms with E-state index in [1.807, 2.05) is 29.2 Å². The molecule has 1 aromatic carbocycles. The molecule has 40 heavy (non-hydrogen) atoms. The number of ether oxygens (including phenoxy) is 1. The third kappa shape index (κ3) is 5.13. The smallest absolute Gasteiger partial charge is 0.410 e. The molecule has 12 heteroatoms. The van der Waals surface area contributed by atoms with Gasteiger partial charge in [-0.15, -0.1) is 0 Å². The summed E-state index contributed by atoms with van der Waals surface area (Å²) in [4.78, 5) is 25.5. The molecule has 1 spiro atoms. The fraction of sp³-hybridized carbons (Fsp3) is 0.571. The van der Waals surface area contributed by atoms with Crippen molar-refractivity contribution < 1.29 is 17.9 Å². The number of sulfone groups is 1. The number of nitrogens with zero attached hydrogens (tertiary/aromatic N) is 6. The summed E-state index contributed by atoms with van der Waals surface area (Å²) in [6.07, 6.45) is 2.44. The van der Waals surface area contributed by atoms with Gasteiger partial charge in [-0.25, -0.2) is 23.2 Å². The zero-order valence-corrected chi connectivity index (χ0v) is 24.5. The highest BCUT2D eigenvalue weighted by atomic mass is 32.2. The molecule has 2 unspecified atom stereocenters. The van der Waals surface area contributed by atoms with Crippen LogP contribution in [-0.2, 0) is 32.8 Å². The molecule has 1 aromatic heterocycles. The topological polar surface area (TPSA) is 140 Å². The van der Waals surface area contributed by atoms with E-state index in [0.717, 1.165) is 23.1 Å². The second kappa shape index (κ2) is 9.68. The number of fused-ring (bicyclic) bond motifs is 3. The molecule has 1 fully saturated rings. The number of nitriles is 1. The monoisotopic (exact) mass is 568 g/mol. The molecule has 3 atom stereocenters. The highest BCUT2D eigenvalue weighted by Crippen LogP contribution is 2.51. The van der Waals surface area contributed by atoms with E-state index < -0.39 is 37.6 Å². The molecule has 0 N–H and O–H groups in total. The number of hydroxylamine groups is 2. The Kier molecular flexibility index (Phi) is 6.84. The molecule has 214 valence electrons. The second-order valence-corrected chi connectivity index (χ2v) is 14.3. The summed E-state index contributed by atoms with van der Waals surface area (Å²) < 4.78 is 30.5. The Hall–Kier alpha value is -3.27. The lowest BCUT2D eigenvalue weighted by atomic mass is 9.70. The van der Waals surface area contributed by atoms with Crippen LogP contribution in [0.4, 0.5) is 16.3 Å². The highest BCUT2D eigenvalue weighted by Gasteiger charge is 2.51. The number of para-hydroxylation sites is 1. The summed E-state index contributed by atoms with van der Waals surface area (Å²) in [6, 6.07) is 9.41. The van der Waals surface area contributed by atoms with E-state index in [1.165, 1.54) is 0 Å². The number of carbonyl (C=O) groups is 1. The van der Waals surface area contributed by atoms with Crippen molar-refractivity contribution in [1.82, 2.24) is 19.5 Å². The number of likely N-dealkylation sites (N-methyl/N-ethyl adjacent to an activating group) is 1. The van der Waals surface area contributed by atoms with Crippen molar-refractivity contribution in [2.75, 3.05) is 44.4 Å². The van der Waals surface area contributed by atoms with E-state index in [0.29, 0.717) is 57.0 Å². The molecular formula is C28H36N6O5S. The number of piperazine rings is 1. The van der Waals surface area contributed by atoms with Crippen molar-refractivity contribution >= 4 is 27.4 Å². The van der Waals surface area contributed by atoms with Gasteiger partial charge in [-0.1, -0.05) is 18.2 Å². The minimum absolute atomic E-state index is 0.0991. The van der Waals surface area contributed by atoms with Gasteiger partial charge in [0.1, 0.15) is 17.1 Å². The van der Waals surface area contributed by atoms with Crippen LogP contribution in [0.25, 0.3) is 0 Å². The zero-order chi connectivity index (χ0) is 29.1. The van der Waals surface area contributed by atoms with E-state index in [2.05, 4.69) is 16.0 Å². The maximum atomic E-state index is 13.5. The van der Waals surface area contributed by atoms with Crippen LogP contribution >= 0.6 is 0 Å². The lowest BCUT2D eigenvalue weighted by Gasteiger charge is -2.43. The van der Waals surface area contributed by atoms with E-state index in [-0.39, 0.29) is 11.6 Å². The summed E-state index contributed by atoms with van der Waals surface area (Å²) in [7, 11) is -2.07. The summed E-state index contributed by atoms with van der Waals surface area (Å²) in [5, 5.41) is 22.7. The van der Waals surface area contributed by atoms with Gasteiger partial charge in [0.2, 0.25) is 15.0 Å². The Morgan fingerprint density at radius 1 is 1.27 bits per heavy atom. The number of carbonyl (C=O) groups excluding carboxylic acids is 1. The predicted octanol–water partition coefficient (Wildman–Crippen LogP) is 3.09. The first-order valence-electron chi connectivity index (χ1n) is 13.5. The van der Waals surface area contributed by atoms with Crippen molar-refractivity contribution in [3.05, 3.63) is 46.3 Å². The van der Waals surface area contributed by atoms with Crippen LogP contribution in [0.5, 0.6) is 0 Å². The van der Waals surface area contributed by atoms with Crippen LogP contribution in [0, 0.1) is 16.5 Å². The van der Waals surface area contributed by atoms with Crippen LogP contribution < -0.4 is 9.55 Å². The van der Waals surface area contributed by atoms with Crippen molar-refractivity contribution in [3.8, 4) is 6.07 Å². The Balaban J connectivity index is 1.52. The lowest BCUT2D eigenvalue weighted by molar-refractivity contribution is 0.0144. The average Bonchev–Trinajstić information content (AvgIpc) is 3.07. The van der Waals surface area contributed by atoms with Crippen molar-refractivity contribution in [1.29, 1.82) is 5.26 Å². The van der Waals surface area contributed by atoms with E-state index in [1.54, 1.807) is 32.7 Å². The van der Waals surface area contributed by atoms with Crippen molar-refractivity contribution in [2.45, 2.75) is 68.7 Å². The Morgan fingerprint density at radius 3 is 2.67 bits per heavy atom. The van der Waals surface area contributed by atoms with Gasteiger partial charge < -0.3 is 24.4 Å². The molecule has 0 radical (unpaired) electrons. The van der Waals surface area contributed by atoms with Gasteiger partial charge in [0.25, 0.3) is 0 Å². The van der Waals surface area contributed by atoms with Crippen LogP contribution in [0.15, 0.2) is 29.4 Å². The Morgan fingerprint density at radius 2 is 2.00 bits per heavy atom. The first-order valence-corrected chi connectivity index (χ1v) is 15.4. The van der Waals surface area contributed by atoms with Gasteiger partial charge in [0.05, 0.1) is 43.2 Å². The molecular weight excluding hydrogens is 532 g/mol. The van der Waals surface area contributed by atoms with E-state index in [9.17, 15) is 23.7 Å². The normalized spacial score (nSPS) is 26.3. The summed E-state index contributed by atoms with van der Waals surface area (Å²) in [5.74, 6) is 0.526. The number of hydrogen-bond donors (Lipinski definition) is 0. The largest absolute Gasteiger partial charge is 0.627 e. The quantitative estimate of drug-likeness (QED) is 0.310. The number of hydrogen-bond acceptors (Lipinski definition) is 9. The molecule has 11 nitrogen and oxygen atoms in total. The second-order valence-electron chi connectivity index (χ2n) is 12.4. The SMILES string of the molecule is CC(C)(C)OC(=O)N1CCN(c2nc(S(C)(=O)=O)nc3c2CCC2(C3)C[N+](C)([O-])c3ccccc32)C[C@@H]1CC#N. The molecule has 2 aliphatic heterocycles. The molecule has 1 aliphatic carbocycles. The van der Waals surface area contributed by atoms with E-state index >= 15 is 0 Å². The van der Waals surface area contributed by atoms with Gasteiger partial charge in [-0.3, -0.25) is 0 Å². The Bertz CT molecular complexity index is 1500. The number of rotatable bonds is 3. The van der Waals surface area contributed by atoms with Crippen LogP contribution in [0.1, 0.15) is 50.4 Å². The molecule has 0 bridgehead atoms. The number of aromatic nitrogens is 2. The van der Waals surface area contributed by atoms with Crippen molar-refractivity contribution in [2.24, 2.45) is 0 Å². The summed E-state index contributed by atoms with van der Waals surface area (Å²) in [5.41, 5.74) is 2.12. The predicted molar refractivity (Wildman–Crippen MR) is 150 cm³/mol. The minimum atomic E-state index is -3.74. The molecule has 1 amide bonds. The maximum Gasteiger partial charge on any atom is 0.410 e. The minimum Gasteiger partial charge on any atom is -0.627 e. The maximum absolute atomic E-state index is 13.5. The zero-order valence-electron chi connectivity index (χ0n) is 23.7. The van der Waals surface area contributed by atoms with Crippen molar-refractivity contribution in [3.63, 3.8) is 0 Å². The molecule has 3 aliphatic rings. The van der Waals surface area contributed by atoms with Gasteiger partial charge in [-0.05, 0) is 39.7 Å². The number of quaternary nitrogens is 1. The molecule has 1 saturated heterocycles.